The topological polar surface area (TPSA) is 138 Å². The molecular weight excluding hydrogens is 747 g/mol. The number of anilines is 1. The monoisotopic (exact) mass is 789 g/mol. The molecule has 5 aromatic carbocycles. The first-order valence-electron chi connectivity index (χ1n) is 19.7. The minimum atomic E-state index is -1.70. The largest absolute Gasteiger partial charge is 0.508 e. The molecule has 2 saturated heterocycles. The molecule has 2 fully saturated rings. The lowest BCUT2D eigenvalue weighted by atomic mass is 9.65. The molecule has 2 amide bonds. The summed E-state index contributed by atoms with van der Waals surface area (Å²) in [6.45, 7) is 0.430. The fourth-order valence-electron chi connectivity index (χ4n) is 9.80. The van der Waals surface area contributed by atoms with E-state index in [1.807, 2.05) is 83.8 Å². The Morgan fingerprint density at radius 2 is 1.53 bits per heavy atom. The van der Waals surface area contributed by atoms with Gasteiger partial charge in [-0.3, -0.25) is 19.3 Å². The van der Waals surface area contributed by atoms with Gasteiger partial charge in [0.2, 0.25) is 11.8 Å². The number of rotatable bonds is 7. The molecule has 4 aliphatic heterocycles. The van der Waals surface area contributed by atoms with Gasteiger partial charge in [0.1, 0.15) is 23.3 Å². The Labute approximate surface area is 342 Å². The van der Waals surface area contributed by atoms with Crippen molar-refractivity contribution in [2.75, 3.05) is 32.7 Å². The third-order valence-electron chi connectivity index (χ3n) is 12.3. The average molecular weight is 790 g/mol. The second-order valence-corrected chi connectivity index (χ2v) is 15.3. The number of fused-ring (bicyclic) bond motifs is 4. The van der Waals surface area contributed by atoms with Gasteiger partial charge in [-0.1, -0.05) is 84.6 Å². The third-order valence-corrected chi connectivity index (χ3v) is 12.3. The Hall–Kier alpha value is -6.61. The quantitative estimate of drug-likeness (QED) is 0.134. The number of aliphatic hydroxyl groups is 1. The van der Waals surface area contributed by atoms with E-state index in [2.05, 4.69) is 17.2 Å². The van der Waals surface area contributed by atoms with Gasteiger partial charge < -0.3 is 34.6 Å². The van der Waals surface area contributed by atoms with Crippen molar-refractivity contribution in [3.05, 3.63) is 154 Å². The van der Waals surface area contributed by atoms with Crippen molar-refractivity contribution in [2.45, 2.75) is 49.0 Å². The summed E-state index contributed by atoms with van der Waals surface area (Å²) in [5.74, 6) is 4.57. The van der Waals surface area contributed by atoms with Crippen LogP contribution >= 0.6 is 0 Å². The molecule has 11 nitrogen and oxygen atoms in total. The van der Waals surface area contributed by atoms with Crippen LogP contribution in [0.4, 0.5) is 5.69 Å². The van der Waals surface area contributed by atoms with Crippen molar-refractivity contribution in [1.82, 2.24) is 9.80 Å². The number of phenols is 1. The highest BCUT2D eigenvalue weighted by Crippen LogP contribution is 2.65. The molecule has 6 unspecified atom stereocenters. The number of esters is 1. The second-order valence-electron chi connectivity index (χ2n) is 15.3. The zero-order valence-electron chi connectivity index (χ0n) is 32.6. The molecule has 4 heterocycles. The van der Waals surface area contributed by atoms with Crippen molar-refractivity contribution in [1.29, 1.82) is 0 Å². The van der Waals surface area contributed by atoms with Crippen molar-refractivity contribution in [3.8, 4) is 29.1 Å². The highest BCUT2D eigenvalue weighted by atomic mass is 16.6. The second kappa shape index (κ2) is 15.3. The first-order valence-corrected chi connectivity index (χ1v) is 19.7. The number of nitrogens with zero attached hydrogens (tertiary/aromatic N) is 2. The number of phenolic OH excluding ortho intramolecular Hbond substituents is 1. The SMILES string of the molecule is COc1cc2c(cc1OC)CN(C(=O)C1C3C(=O)OC(c4ccccc4)C(c4ccccc4)N3C(c3ccc(O)cc3)C13C(=O)Nc1ccc(C#CCCO)cc13)CC2. The minimum Gasteiger partial charge on any atom is -0.508 e. The van der Waals surface area contributed by atoms with Crippen LogP contribution in [-0.2, 0) is 37.5 Å². The van der Waals surface area contributed by atoms with Crippen LogP contribution in [0.2, 0.25) is 0 Å². The van der Waals surface area contributed by atoms with E-state index >= 15 is 14.4 Å². The summed E-state index contributed by atoms with van der Waals surface area (Å²) < 4.78 is 17.8. The van der Waals surface area contributed by atoms with E-state index in [4.69, 9.17) is 14.2 Å². The molecule has 6 atom stereocenters. The Balaban J connectivity index is 1.30. The van der Waals surface area contributed by atoms with Crippen LogP contribution in [0.25, 0.3) is 0 Å². The van der Waals surface area contributed by atoms with E-state index in [1.54, 1.807) is 55.5 Å². The fourth-order valence-corrected chi connectivity index (χ4v) is 9.80. The molecule has 5 aromatic rings. The number of carbonyl (C=O) groups is 3. The van der Waals surface area contributed by atoms with Crippen LogP contribution in [0.3, 0.4) is 0 Å². The van der Waals surface area contributed by atoms with Gasteiger partial charge in [0.15, 0.2) is 11.5 Å². The first-order chi connectivity index (χ1) is 28.8. The molecule has 3 N–H and O–H groups in total. The number of hydrogen-bond donors (Lipinski definition) is 3. The lowest BCUT2D eigenvalue weighted by Gasteiger charge is -2.46. The molecular formula is C48H43N3O8. The fraction of sp³-hybridized carbons (Fsp3) is 0.271. The summed E-state index contributed by atoms with van der Waals surface area (Å²) >= 11 is 0. The lowest BCUT2D eigenvalue weighted by Crippen LogP contribution is -2.56. The maximum Gasteiger partial charge on any atom is 0.324 e. The summed E-state index contributed by atoms with van der Waals surface area (Å²) in [6, 6.07) is 32.3. The average Bonchev–Trinajstić information content (AvgIpc) is 3.74. The number of nitrogens with one attached hydrogen (secondary N) is 1. The Bertz CT molecular complexity index is 2500. The molecule has 4 aliphatic rings. The lowest BCUT2D eigenvalue weighted by molar-refractivity contribution is -0.179. The summed E-state index contributed by atoms with van der Waals surface area (Å²) in [5.41, 5.74) is 4.04. The van der Waals surface area contributed by atoms with Crippen molar-refractivity contribution in [3.63, 3.8) is 0 Å². The smallest absolute Gasteiger partial charge is 0.324 e. The molecule has 9 rings (SSSR count). The number of aromatic hydroxyl groups is 1. The number of cyclic esters (lactones) is 1. The highest BCUT2D eigenvalue weighted by Gasteiger charge is 2.74. The van der Waals surface area contributed by atoms with Crippen LogP contribution in [0, 0.1) is 17.8 Å². The van der Waals surface area contributed by atoms with Crippen molar-refractivity contribution in [2.24, 2.45) is 5.92 Å². The maximum absolute atomic E-state index is 15.9. The molecule has 11 heteroatoms. The summed E-state index contributed by atoms with van der Waals surface area (Å²) in [6.07, 6.45) is -0.0421. The molecule has 59 heavy (non-hydrogen) atoms. The Morgan fingerprint density at radius 1 is 0.847 bits per heavy atom. The Morgan fingerprint density at radius 3 is 2.20 bits per heavy atom. The predicted molar refractivity (Wildman–Crippen MR) is 218 cm³/mol. The van der Waals surface area contributed by atoms with Crippen LogP contribution in [0.5, 0.6) is 17.2 Å². The molecule has 0 bridgehead atoms. The summed E-state index contributed by atoms with van der Waals surface area (Å²) in [5, 5.41) is 23.2. The van der Waals surface area contributed by atoms with Gasteiger partial charge >= 0.3 is 5.97 Å². The molecule has 0 saturated carbocycles. The first kappa shape index (κ1) is 37.9. The van der Waals surface area contributed by atoms with Gasteiger partial charge in [0.05, 0.1) is 38.8 Å². The number of aliphatic hydroxyl groups excluding tert-OH is 1. The van der Waals surface area contributed by atoms with Crippen LogP contribution in [-0.4, -0.2) is 71.2 Å². The van der Waals surface area contributed by atoms with Crippen LogP contribution in [0.1, 0.15) is 63.6 Å². The number of morpholine rings is 1. The van der Waals surface area contributed by atoms with E-state index in [-0.39, 0.29) is 31.2 Å². The number of methoxy groups -OCH3 is 2. The van der Waals surface area contributed by atoms with E-state index in [0.29, 0.717) is 46.8 Å². The van der Waals surface area contributed by atoms with Gasteiger partial charge in [-0.25, -0.2) is 0 Å². The number of carbonyl (C=O) groups excluding carboxylic acids is 3. The normalized spacial score (nSPS) is 24.3. The van der Waals surface area contributed by atoms with E-state index in [0.717, 1.165) is 22.3 Å². The number of hydrogen-bond acceptors (Lipinski definition) is 9. The predicted octanol–water partition coefficient (Wildman–Crippen LogP) is 6.00. The molecule has 1 spiro atoms. The Kier molecular flexibility index (Phi) is 9.83. The standard InChI is InChI=1S/C48H43N3O8/c1-57-38-26-33-22-23-50(28-34(33)27-39(38)58-2)45(54)40-42-46(55)59-43(31-14-7-4-8-15-31)41(30-12-5-3-6-13-30)51(42)44(32-17-19-35(53)20-18-32)48(40)36-25-29(11-9-10-24-52)16-21-37(36)49-47(48)56/h3-8,12-21,25-27,40-44,52-53H,10,22-24,28H2,1-2H3,(H,49,56). The van der Waals surface area contributed by atoms with Gasteiger partial charge in [0.25, 0.3) is 0 Å². The van der Waals surface area contributed by atoms with Gasteiger partial charge in [-0.05, 0) is 82.3 Å². The number of ether oxygens (including phenoxy) is 3. The molecule has 298 valence electrons. The number of benzene rings is 5. The number of amides is 2. The summed E-state index contributed by atoms with van der Waals surface area (Å²) in [4.78, 5) is 50.3. The highest BCUT2D eigenvalue weighted by molar-refractivity contribution is 6.12. The van der Waals surface area contributed by atoms with Gasteiger partial charge in [-0.15, -0.1) is 0 Å². The van der Waals surface area contributed by atoms with Crippen molar-refractivity contribution >= 4 is 23.5 Å². The molecule has 0 aromatic heterocycles. The molecule has 0 radical (unpaired) electrons. The molecule has 0 aliphatic carbocycles. The third kappa shape index (κ3) is 6.18. The van der Waals surface area contributed by atoms with E-state index < -0.39 is 47.4 Å². The van der Waals surface area contributed by atoms with Gasteiger partial charge in [-0.2, -0.15) is 0 Å². The van der Waals surface area contributed by atoms with Crippen molar-refractivity contribution < 1.29 is 38.8 Å². The summed E-state index contributed by atoms with van der Waals surface area (Å²) in [7, 11) is 3.15. The van der Waals surface area contributed by atoms with E-state index in [9.17, 15) is 10.2 Å². The zero-order chi connectivity index (χ0) is 40.8. The van der Waals surface area contributed by atoms with Crippen LogP contribution in [0.15, 0.2) is 115 Å². The zero-order valence-corrected chi connectivity index (χ0v) is 32.6. The maximum atomic E-state index is 15.9. The van der Waals surface area contributed by atoms with Gasteiger partial charge in [0, 0.05) is 30.8 Å². The van der Waals surface area contributed by atoms with E-state index in [1.165, 1.54) is 0 Å². The van der Waals surface area contributed by atoms with Crippen LogP contribution < -0.4 is 14.8 Å². The minimum absolute atomic E-state index is 0.0292.